The van der Waals surface area contributed by atoms with Gasteiger partial charge < -0.3 is 10.1 Å². The van der Waals surface area contributed by atoms with Crippen molar-refractivity contribution >= 4 is 9.84 Å². The number of nitrogens with one attached hydrogen (secondary N) is 1. The molecule has 1 N–H and O–H groups in total. The minimum absolute atomic E-state index is 0.0571. The number of ether oxygens (including phenoxy) is 1. The zero-order chi connectivity index (χ0) is 11.9. The van der Waals surface area contributed by atoms with Gasteiger partial charge >= 0.3 is 6.18 Å². The lowest BCUT2D eigenvalue weighted by molar-refractivity contribution is -0.124. The lowest BCUT2D eigenvalue weighted by atomic mass is 10.6. The fourth-order valence-corrected chi connectivity index (χ4v) is 1.85. The molecule has 0 amide bonds. The maximum absolute atomic E-state index is 11.6. The van der Waals surface area contributed by atoms with Crippen molar-refractivity contribution in [3.63, 3.8) is 0 Å². The van der Waals surface area contributed by atoms with Crippen molar-refractivity contribution in [2.24, 2.45) is 0 Å². The summed E-state index contributed by atoms with van der Waals surface area (Å²) < 4.78 is 61.7. The Bertz CT molecular complexity index is 263. The zero-order valence-corrected chi connectivity index (χ0v) is 9.12. The fourth-order valence-electron chi connectivity index (χ4n) is 0.770. The van der Waals surface area contributed by atoms with Crippen molar-refractivity contribution < 1.29 is 26.3 Å². The van der Waals surface area contributed by atoms with Gasteiger partial charge in [-0.15, -0.1) is 0 Å². The Labute approximate surface area is 86.7 Å². The maximum Gasteiger partial charge on any atom is 0.401 e. The summed E-state index contributed by atoms with van der Waals surface area (Å²) in [6, 6.07) is 0. The molecule has 0 aliphatic heterocycles. The zero-order valence-electron chi connectivity index (χ0n) is 8.30. The van der Waals surface area contributed by atoms with E-state index in [1.165, 1.54) is 7.11 Å². The summed E-state index contributed by atoms with van der Waals surface area (Å²) in [5.41, 5.74) is 0. The van der Waals surface area contributed by atoms with Crippen LogP contribution in [-0.4, -0.2) is 52.9 Å². The molecule has 0 aromatic rings. The van der Waals surface area contributed by atoms with Gasteiger partial charge in [0.05, 0.1) is 24.7 Å². The van der Waals surface area contributed by atoms with E-state index < -0.39 is 22.6 Å². The van der Waals surface area contributed by atoms with Crippen molar-refractivity contribution in [1.29, 1.82) is 0 Å². The summed E-state index contributed by atoms with van der Waals surface area (Å²) in [6.07, 6.45) is -4.31. The Morgan fingerprint density at radius 1 is 1.27 bits per heavy atom. The van der Waals surface area contributed by atoms with Crippen LogP contribution >= 0.6 is 0 Å². The predicted molar refractivity (Wildman–Crippen MR) is 49.5 cm³/mol. The Morgan fingerprint density at radius 3 is 2.33 bits per heavy atom. The van der Waals surface area contributed by atoms with Gasteiger partial charge in [0, 0.05) is 13.7 Å². The molecular weight excluding hydrogens is 235 g/mol. The summed E-state index contributed by atoms with van der Waals surface area (Å²) >= 11 is 0. The molecule has 0 aliphatic rings. The van der Waals surface area contributed by atoms with Gasteiger partial charge in [0.25, 0.3) is 0 Å². The predicted octanol–water partition coefficient (Wildman–Crippen LogP) is 0.199. The van der Waals surface area contributed by atoms with Crippen molar-refractivity contribution in [1.82, 2.24) is 5.32 Å². The van der Waals surface area contributed by atoms with Gasteiger partial charge in [-0.3, -0.25) is 0 Å². The molecule has 0 fully saturated rings. The first-order valence-corrected chi connectivity index (χ1v) is 6.06. The molecule has 0 bridgehead atoms. The van der Waals surface area contributed by atoms with E-state index in [9.17, 15) is 21.6 Å². The number of halogens is 3. The molecule has 0 saturated heterocycles. The van der Waals surface area contributed by atoms with Crippen LogP contribution in [0.5, 0.6) is 0 Å². The second-order valence-electron chi connectivity index (χ2n) is 2.94. The number of hydrogen-bond donors (Lipinski definition) is 1. The first-order chi connectivity index (χ1) is 6.77. The van der Waals surface area contributed by atoms with Gasteiger partial charge in [0.2, 0.25) is 0 Å². The monoisotopic (exact) mass is 249 g/mol. The van der Waals surface area contributed by atoms with E-state index in [2.05, 4.69) is 4.74 Å². The van der Waals surface area contributed by atoms with E-state index in [4.69, 9.17) is 0 Å². The van der Waals surface area contributed by atoms with Crippen LogP contribution in [0.2, 0.25) is 0 Å². The van der Waals surface area contributed by atoms with Crippen molar-refractivity contribution in [3.05, 3.63) is 0 Å². The van der Waals surface area contributed by atoms with E-state index in [1.54, 1.807) is 0 Å². The molecule has 0 spiro atoms. The molecule has 92 valence electrons. The molecule has 0 aromatic carbocycles. The van der Waals surface area contributed by atoms with Gasteiger partial charge in [-0.1, -0.05) is 0 Å². The fraction of sp³-hybridized carbons (Fsp3) is 1.00. The smallest absolute Gasteiger partial charge is 0.384 e. The van der Waals surface area contributed by atoms with Gasteiger partial charge in [-0.05, 0) is 0 Å². The molecule has 0 rings (SSSR count). The molecular formula is C7H14F3NO3S. The first-order valence-electron chi connectivity index (χ1n) is 4.24. The minimum atomic E-state index is -4.31. The topological polar surface area (TPSA) is 55.4 Å². The summed E-state index contributed by atoms with van der Waals surface area (Å²) in [7, 11) is -1.96. The number of sulfone groups is 1. The second-order valence-corrected chi connectivity index (χ2v) is 5.24. The van der Waals surface area contributed by atoms with Crippen molar-refractivity contribution in [2.45, 2.75) is 6.18 Å². The average molecular weight is 249 g/mol. The van der Waals surface area contributed by atoms with Crippen LogP contribution in [0.1, 0.15) is 0 Å². The van der Waals surface area contributed by atoms with Gasteiger partial charge in [0.15, 0.2) is 9.84 Å². The van der Waals surface area contributed by atoms with Crippen molar-refractivity contribution in [2.75, 3.05) is 38.3 Å². The van der Waals surface area contributed by atoms with Crippen LogP contribution in [0.25, 0.3) is 0 Å². The molecule has 0 aliphatic carbocycles. The molecule has 8 heteroatoms. The van der Waals surface area contributed by atoms with Crippen LogP contribution in [0.3, 0.4) is 0 Å². The third-order valence-electron chi connectivity index (χ3n) is 1.51. The van der Waals surface area contributed by atoms with Crippen LogP contribution in [0.4, 0.5) is 13.2 Å². The average Bonchev–Trinajstić information content (AvgIpc) is 2.08. The number of rotatable bonds is 7. The van der Waals surface area contributed by atoms with Crippen molar-refractivity contribution in [3.8, 4) is 0 Å². The van der Waals surface area contributed by atoms with E-state index >= 15 is 0 Å². The molecule has 0 atom stereocenters. The molecule has 15 heavy (non-hydrogen) atoms. The Morgan fingerprint density at radius 2 is 1.87 bits per heavy atom. The normalized spacial score (nSPS) is 13.1. The second kappa shape index (κ2) is 6.29. The maximum atomic E-state index is 11.6. The van der Waals surface area contributed by atoms with E-state index in [0.29, 0.717) is 0 Å². The summed E-state index contributed by atoms with van der Waals surface area (Å²) in [5, 5.41) is 2.01. The minimum Gasteiger partial charge on any atom is -0.384 e. The SMILES string of the molecule is COCCS(=O)(=O)CCNCC(F)(F)F. The molecule has 0 radical (unpaired) electrons. The van der Waals surface area contributed by atoms with E-state index in [1.807, 2.05) is 5.32 Å². The van der Waals surface area contributed by atoms with Crippen LogP contribution in [-0.2, 0) is 14.6 Å². The third-order valence-corrected chi connectivity index (χ3v) is 3.13. The van der Waals surface area contributed by atoms with Crippen LogP contribution in [0.15, 0.2) is 0 Å². The van der Waals surface area contributed by atoms with Crippen LogP contribution < -0.4 is 5.32 Å². The highest BCUT2D eigenvalue weighted by Gasteiger charge is 2.26. The number of methoxy groups -OCH3 is 1. The molecule has 0 heterocycles. The summed E-state index contributed by atoms with van der Waals surface area (Å²) in [5.74, 6) is -0.483. The van der Waals surface area contributed by atoms with Crippen LogP contribution in [0, 0.1) is 0 Å². The summed E-state index contributed by atoms with van der Waals surface area (Å²) in [6.45, 7) is -1.32. The molecule has 0 unspecified atom stereocenters. The summed E-state index contributed by atoms with van der Waals surface area (Å²) in [4.78, 5) is 0. The number of alkyl halides is 3. The highest BCUT2D eigenvalue weighted by molar-refractivity contribution is 7.91. The van der Waals surface area contributed by atoms with Gasteiger partial charge in [0.1, 0.15) is 0 Å². The van der Waals surface area contributed by atoms with E-state index in [-0.39, 0.29) is 24.7 Å². The lowest BCUT2D eigenvalue weighted by Crippen LogP contribution is -2.33. The Kier molecular flexibility index (Phi) is 6.15. The highest BCUT2D eigenvalue weighted by Crippen LogP contribution is 2.11. The molecule has 0 aromatic heterocycles. The molecule has 0 saturated carbocycles. The quantitative estimate of drug-likeness (QED) is 0.655. The lowest BCUT2D eigenvalue weighted by Gasteiger charge is -2.08. The highest BCUT2D eigenvalue weighted by atomic mass is 32.2. The molecule has 4 nitrogen and oxygen atoms in total. The number of hydrogen-bond acceptors (Lipinski definition) is 4. The third kappa shape index (κ3) is 9.95. The standard InChI is InChI=1S/C7H14F3NO3S/c1-14-3-5-15(12,13)4-2-11-6-7(8,9)10/h11H,2-6H2,1H3. The Hall–Kier alpha value is -0.340. The first kappa shape index (κ1) is 14.7. The Balaban J connectivity index is 3.67. The van der Waals surface area contributed by atoms with Gasteiger partial charge in [-0.2, -0.15) is 13.2 Å². The van der Waals surface area contributed by atoms with E-state index in [0.717, 1.165) is 0 Å². The largest absolute Gasteiger partial charge is 0.401 e. The van der Waals surface area contributed by atoms with Gasteiger partial charge in [-0.25, -0.2) is 8.42 Å².